The molecule has 0 spiro atoms. The molecule has 0 unspecified atom stereocenters. The molecule has 2 rings (SSSR count). The minimum atomic E-state index is -0.532. The molecular weight excluding hydrogens is 308 g/mol. The van der Waals surface area contributed by atoms with Gasteiger partial charge in [0, 0.05) is 16.7 Å². The van der Waals surface area contributed by atoms with E-state index in [-0.39, 0.29) is 5.75 Å². The predicted octanol–water partition coefficient (Wildman–Crippen LogP) is 3.11. The van der Waals surface area contributed by atoms with Crippen LogP contribution in [0, 0.1) is 0 Å². The van der Waals surface area contributed by atoms with Crippen molar-refractivity contribution in [2.24, 2.45) is 0 Å². The summed E-state index contributed by atoms with van der Waals surface area (Å²) in [6, 6.07) is 6.70. The molecule has 122 valence electrons. The monoisotopic (exact) mass is 324 g/mol. The summed E-state index contributed by atoms with van der Waals surface area (Å²) in [7, 11) is 0. The van der Waals surface area contributed by atoms with E-state index >= 15 is 0 Å². The van der Waals surface area contributed by atoms with Crippen molar-refractivity contribution in [2.45, 2.75) is 13.8 Å². The summed E-state index contributed by atoms with van der Waals surface area (Å²) in [6.45, 7) is 10.2. The van der Waals surface area contributed by atoms with Gasteiger partial charge in [0.15, 0.2) is 11.6 Å². The van der Waals surface area contributed by atoms with E-state index in [0.29, 0.717) is 22.7 Å². The number of nitrogens with zero attached hydrogens (tertiary/aromatic N) is 2. The molecule has 0 saturated carbocycles. The molecule has 2 aromatic rings. The SMILES string of the molecule is C=C(C)C(=O)Oc1ccc(-c2ncc(OC(=O)C(=C)C)cn2)cc1. The first-order valence-electron chi connectivity index (χ1n) is 7.04. The lowest BCUT2D eigenvalue weighted by atomic mass is 10.2. The Morgan fingerprint density at radius 1 is 0.833 bits per heavy atom. The highest BCUT2D eigenvalue weighted by Gasteiger charge is 2.09. The Bertz CT molecular complexity index is 723. The molecule has 0 saturated heterocycles. The van der Waals surface area contributed by atoms with Crippen molar-refractivity contribution in [1.29, 1.82) is 0 Å². The zero-order valence-corrected chi connectivity index (χ0v) is 13.4. The number of ether oxygens (including phenoxy) is 2. The summed E-state index contributed by atoms with van der Waals surface area (Å²) in [4.78, 5) is 31.1. The average Bonchev–Trinajstić information content (AvgIpc) is 2.56. The zero-order valence-electron chi connectivity index (χ0n) is 13.4. The topological polar surface area (TPSA) is 78.4 Å². The van der Waals surface area contributed by atoms with Gasteiger partial charge in [0.1, 0.15) is 5.75 Å². The molecule has 0 fully saturated rings. The Morgan fingerprint density at radius 3 is 1.75 bits per heavy atom. The summed E-state index contributed by atoms with van der Waals surface area (Å²) in [5.41, 5.74) is 1.34. The Morgan fingerprint density at radius 2 is 1.29 bits per heavy atom. The van der Waals surface area contributed by atoms with Crippen LogP contribution in [0.1, 0.15) is 13.8 Å². The molecule has 0 aliphatic rings. The Kier molecular flexibility index (Phi) is 5.21. The van der Waals surface area contributed by atoms with Gasteiger partial charge in [-0.1, -0.05) is 13.2 Å². The molecule has 0 radical (unpaired) electrons. The first-order valence-corrected chi connectivity index (χ1v) is 7.04. The number of benzene rings is 1. The third kappa shape index (κ3) is 4.36. The number of carbonyl (C=O) groups excluding carboxylic acids is 2. The third-order valence-electron chi connectivity index (χ3n) is 2.86. The molecular formula is C18H16N2O4. The molecule has 0 N–H and O–H groups in total. The van der Waals surface area contributed by atoms with E-state index in [1.165, 1.54) is 12.4 Å². The van der Waals surface area contributed by atoms with Gasteiger partial charge >= 0.3 is 11.9 Å². The van der Waals surface area contributed by atoms with Crippen molar-refractivity contribution in [3.63, 3.8) is 0 Å². The maximum Gasteiger partial charge on any atom is 0.338 e. The second-order valence-electron chi connectivity index (χ2n) is 5.11. The van der Waals surface area contributed by atoms with Crippen LogP contribution in [0.15, 0.2) is 61.0 Å². The summed E-state index contributed by atoms with van der Waals surface area (Å²) in [6.07, 6.45) is 2.80. The third-order valence-corrected chi connectivity index (χ3v) is 2.86. The molecule has 0 amide bonds. The fourth-order valence-corrected chi connectivity index (χ4v) is 1.58. The van der Waals surface area contributed by atoms with Crippen molar-refractivity contribution in [3.8, 4) is 22.9 Å². The standard InChI is InChI=1S/C18H16N2O4/c1-11(2)17(21)23-14-7-5-13(6-8-14)16-19-9-15(10-20-16)24-18(22)12(3)4/h5-10H,1,3H2,2,4H3. The minimum absolute atomic E-state index is 0.235. The number of carbonyl (C=O) groups is 2. The van der Waals surface area contributed by atoms with Crippen molar-refractivity contribution >= 4 is 11.9 Å². The lowest BCUT2D eigenvalue weighted by Crippen LogP contribution is -2.08. The number of esters is 2. The maximum atomic E-state index is 11.4. The summed E-state index contributed by atoms with van der Waals surface area (Å²) in [5, 5.41) is 0. The van der Waals surface area contributed by atoms with Crippen molar-refractivity contribution in [3.05, 3.63) is 61.0 Å². The molecule has 1 aromatic carbocycles. The van der Waals surface area contributed by atoms with Crippen LogP contribution in [0.25, 0.3) is 11.4 Å². The van der Waals surface area contributed by atoms with Crippen LogP contribution in [0.5, 0.6) is 11.5 Å². The molecule has 24 heavy (non-hydrogen) atoms. The van der Waals surface area contributed by atoms with Crippen LogP contribution >= 0.6 is 0 Å². The van der Waals surface area contributed by atoms with Crippen LogP contribution < -0.4 is 9.47 Å². The fraction of sp³-hybridized carbons (Fsp3) is 0.111. The first kappa shape index (κ1) is 17.1. The molecule has 0 aliphatic heterocycles. The lowest BCUT2D eigenvalue weighted by molar-refractivity contribution is -0.131. The van der Waals surface area contributed by atoms with Crippen LogP contribution in [0.3, 0.4) is 0 Å². The summed E-state index contributed by atoms with van der Waals surface area (Å²) < 4.78 is 10.1. The fourth-order valence-electron chi connectivity index (χ4n) is 1.58. The van der Waals surface area contributed by atoms with Crippen molar-refractivity contribution in [1.82, 2.24) is 9.97 Å². The average molecular weight is 324 g/mol. The van der Waals surface area contributed by atoms with Gasteiger partial charge in [-0.05, 0) is 38.1 Å². The number of hydrogen-bond donors (Lipinski definition) is 0. The quantitative estimate of drug-likeness (QED) is 0.478. The number of hydrogen-bond acceptors (Lipinski definition) is 6. The van der Waals surface area contributed by atoms with Gasteiger partial charge in [0.05, 0.1) is 12.4 Å². The molecule has 0 atom stereocenters. The van der Waals surface area contributed by atoms with Gasteiger partial charge in [0.2, 0.25) is 0 Å². The van der Waals surface area contributed by atoms with Gasteiger partial charge in [-0.15, -0.1) is 0 Å². The van der Waals surface area contributed by atoms with Crippen LogP contribution in [-0.2, 0) is 9.59 Å². The molecule has 6 heteroatoms. The Balaban J connectivity index is 2.09. The summed E-state index contributed by atoms with van der Waals surface area (Å²) in [5.74, 6) is 0.0677. The molecule has 6 nitrogen and oxygen atoms in total. The van der Waals surface area contributed by atoms with E-state index in [1.807, 2.05) is 0 Å². The van der Waals surface area contributed by atoms with E-state index < -0.39 is 11.9 Å². The second kappa shape index (κ2) is 7.32. The largest absolute Gasteiger partial charge is 0.423 e. The lowest BCUT2D eigenvalue weighted by Gasteiger charge is -2.06. The van der Waals surface area contributed by atoms with Gasteiger partial charge in [0.25, 0.3) is 0 Å². The van der Waals surface area contributed by atoms with E-state index in [1.54, 1.807) is 38.1 Å². The predicted molar refractivity (Wildman–Crippen MR) is 88.4 cm³/mol. The molecule has 0 aliphatic carbocycles. The van der Waals surface area contributed by atoms with Crippen molar-refractivity contribution in [2.75, 3.05) is 0 Å². The smallest absolute Gasteiger partial charge is 0.338 e. The number of aromatic nitrogens is 2. The molecule has 0 bridgehead atoms. The van der Waals surface area contributed by atoms with Gasteiger partial charge in [-0.3, -0.25) is 0 Å². The number of rotatable bonds is 5. The first-order chi connectivity index (χ1) is 11.4. The van der Waals surface area contributed by atoms with E-state index in [2.05, 4.69) is 23.1 Å². The second-order valence-corrected chi connectivity index (χ2v) is 5.11. The van der Waals surface area contributed by atoms with Crippen LogP contribution in [0.2, 0.25) is 0 Å². The minimum Gasteiger partial charge on any atom is -0.423 e. The Labute approximate surface area is 139 Å². The van der Waals surface area contributed by atoms with E-state index in [9.17, 15) is 9.59 Å². The van der Waals surface area contributed by atoms with Gasteiger partial charge in [-0.2, -0.15) is 0 Å². The molecule has 1 heterocycles. The van der Waals surface area contributed by atoms with Crippen molar-refractivity contribution < 1.29 is 19.1 Å². The normalized spacial score (nSPS) is 9.92. The maximum absolute atomic E-state index is 11.4. The van der Waals surface area contributed by atoms with Gasteiger partial charge in [-0.25, -0.2) is 19.6 Å². The van der Waals surface area contributed by atoms with Crippen LogP contribution in [0.4, 0.5) is 0 Å². The van der Waals surface area contributed by atoms with Gasteiger partial charge < -0.3 is 9.47 Å². The highest BCUT2D eigenvalue weighted by Crippen LogP contribution is 2.21. The van der Waals surface area contributed by atoms with Crippen LogP contribution in [-0.4, -0.2) is 21.9 Å². The highest BCUT2D eigenvalue weighted by molar-refractivity contribution is 5.89. The zero-order chi connectivity index (χ0) is 17.7. The van der Waals surface area contributed by atoms with E-state index in [4.69, 9.17) is 9.47 Å². The molecule has 1 aromatic heterocycles. The van der Waals surface area contributed by atoms with E-state index in [0.717, 1.165) is 5.56 Å². The summed E-state index contributed by atoms with van der Waals surface area (Å²) >= 11 is 0. The Hall–Kier alpha value is -3.28. The highest BCUT2D eigenvalue weighted by atomic mass is 16.5.